The van der Waals surface area contributed by atoms with Gasteiger partial charge in [-0.25, -0.2) is 9.18 Å². The van der Waals surface area contributed by atoms with Gasteiger partial charge in [-0.2, -0.15) is 0 Å². The van der Waals surface area contributed by atoms with Crippen LogP contribution in [0.2, 0.25) is 0 Å². The van der Waals surface area contributed by atoms with Crippen LogP contribution in [0.5, 0.6) is 0 Å². The van der Waals surface area contributed by atoms with Crippen molar-refractivity contribution in [1.29, 1.82) is 0 Å². The maximum absolute atomic E-state index is 13.4. The summed E-state index contributed by atoms with van der Waals surface area (Å²) in [6, 6.07) is 5.78. The molecule has 4 rings (SSSR count). The molecule has 2 atom stereocenters. The van der Waals surface area contributed by atoms with E-state index in [0.29, 0.717) is 13.0 Å². The molecule has 4 amide bonds. The van der Waals surface area contributed by atoms with Crippen molar-refractivity contribution < 1.29 is 18.8 Å². The Labute approximate surface area is 183 Å². The van der Waals surface area contributed by atoms with E-state index in [1.165, 1.54) is 12.1 Å². The number of nitrogens with zero attached hydrogens (tertiary/aromatic N) is 2. The van der Waals surface area contributed by atoms with Gasteiger partial charge in [0.2, 0.25) is 5.91 Å². The standard InChI is InChI=1S/C24H32FN3O3/c1-17-7-5-6-14-24(17)22(30)28(23(31)26-24)16-21(29)27(20-8-3-2-4-9-20)15-18-10-12-19(25)13-11-18/h10-13,17,20H,2-9,14-16H2,1H3,(H,26,31)/t17-,24-/m1/s1. The number of carbonyl (C=O) groups excluding carboxylic acids is 3. The Morgan fingerprint density at radius 2 is 1.77 bits per heavy atom. The van der Waals surface area contributed by atoms with Crippen LogP contribution in [0.4, 0.5) is 9.18 Å². The number of imide groups is 1. The molecule has 3 aliphatic rings. The molecule has 1 N–H and O–H groups in total. The van der Waals surface area contributed by atoms with E-state index in [9.17, 15) is 18.8 Å². The molecule has 0 bridgehead atoms. The third kappa shape index (κ3) is 4.32. The molecule has 168 valence electrons. The number of urea groups is 1. The SMILES string of the molecule is C[C@@H]1CCCC[C@@]12NC(=O)N(CC(=O)N(Cc1ccc(F)cc1)C1CCCCC1)C2=O. The van der Waals surface area contributed by atoms with Crippen LogP contribution in [0, 0.1) is 11.7 Å². The molecule has 6 nitrogen and oxygen atoms in total. The molecular weight excluding hydrogens is 397 g/mol. The molecule has 1 saturated heterocycles. The third-order valence-corrected chi connectivity index (χ3v) is 7.40. The lowest BCUT2D eigenvalue weighted by Gasteiger charge is -2.37. The highest BCUT2D eigenvalue weighted by molar-refractivity contribution is 6.09. The van der Waals surface area contributed by atoms with Crippen LogP contribution in [0.25, 0.3) is 0 Å². The van der Waals surface area contributed by atoms with Crippen molar-refractivity contribution in [3.63, 3.8) is 0 Å². The van der Waals surface area contributed by atoms with Gasteiger partial charge >= 0.3 is 6.03 Å². The third-order valence-electron chi connectivity index (χ3n) is 7.40. The second-order valence-electron chi connectivity index (χ2n) is 9.38. The summed E-state index contributed by atoms with van der Waals surface area (Å²) >= 11 is 0. The Balaban J connectivity index is 1.51. The summed E-state index contributed by atoms with van der Waals surface area (Å²) in [6.07, 6.45) is 8.57. The van der Waals surface area contributed by atoms with E-state index in [0.717, 1.165) is 61.8 Å². The Morgan fingerprint density at radius 3 is 2.45 bits per heavy atom. The summed E-state index contributed by atoms with van der Waals surface area (Å²) in [5.41, 5.74) is -0.0164. The van der Waals surface area contributed by atoms with Crippen molar-refractivity contribution in [2.75, 3.05) is 6.54 Å². The topological polar surface area (TPSA) is 69.7 Å². The van der Waals surface area contributed by atoms with Crippen LogP contribution in [0.15, 0.2) is 24.3 Å². The molecule has 31 heavy (non-hydrogen) atoms. The van der Waals surface area contributed by atoms with Gasteiger partial charge in [-0.05, 0) is 49.3 Å². The fraction of sp³-hybridized carbons (Fsp3) is 0.625. The first kappa shape index (κ1) is 21.8. The minimum Gasteiger partial charge on any atom is -0.334 e. The predicted octanol–water partition coefficient (Wildman–Crippen LogP) is 3.99. The summed E-state index contributed by atoms with van der Waals surface area (Å²) in [5, 5.41) is 2.92. The summed E-state index contributed by atoms with van der Waals surface area (Å²) in [7, 11) is 0. The second kappa shape index (κ2) is 8.97. The molecule has 1 spiro atoms. The Bertz CT molecular complexity index is 837. The largest absolute Gasteiger partial charge is 0.334 e. The van der Waals surface area contributed by atoms with Crippen LogP contribution in [0.1, 0.15) is 70.3 Å². The maximum atomic E-state index is 13.4. The van der Waals surface area contributed by atoms with Crippen LogP contribution in [-0.4, -0.2) is 45.8 Å². The first-order valence-corrected chi connectivity index (χ1v) is 11.6. The molecule has 7 heteroatoms. The van der Waals surface area contributed by atoms with E-state index in [4.69, 9.17) is 0 Å². The normalized spacial score (nSPS) is 26.9. The second-order valence-corrected chi connectivity index (χ2v) is 9.38. The molecule has 2 aliphatic carbocycles. The van der Waals surface area contributed by atoms with Crippen LogP contribution in [-0.2, 0) is 16.1 Å². The number of hydrogen-bond acceptors (Lipinski definition) is 3. The number of halogens is 1. The lowest BCUT2D eigenvalue weighted by Crippen LogP contribution is -2.54. The first-order valence-electron chi connectivity index (χ1n) is 11.6. The Kier molecular flexibility index (Phi) is 6.30. The van der Waals surface area contributed by atoms with Gasteiger partial charge in [-0.1, -0.05) is 51.2 Å². The molecule has 1 aliphatic heterocycles. The fourth-order valence-corrected chi connectivity index (χ4v) is 5.47. The lowest BCUT2D eigenvalue weighted by molar-refractivity contribution is -0.142. The summed E-state index contributed by atoms with van der Waals surface area (Å²) < 4.78 is 13.3. The van der Waals surface area contributed by atoms with Crippen LogP contribution >= 0.6 is 0 Å². The van der Waals surface area contributed by atoms with Gasteiger partial charge in [0, 0.05) is 12.6 Å². The number of rotatable bonds is 5. The van der Waals surface area contributed by atoms with Gasteiger partial charge in [-0.15, -0.1) is 0 Å². The van der Waals surface area contributed by atoms with Crippen molar-refractivity contribution >= 4 is 17.8 Å². The average molecular weight is 430 g/mol. The van der Waals surface area contributed by atoms with Crippen molar-refractivity contribution in [2.24, 2.45) is 5.92 Å². The summed E-state index contributed by atoms with van der Waals surface area (Å²) in [4.78, 5) is 42.3. The lowest BCUT2D eigenvalue weighted by atomic mass is 9.73. The molecular formula is C24H32FN3O3. The monoisotopic (exact) mass is 429 g/mol. The quantitative estimate of drug-likeness (QED) is 0.720. The Hall–Kier alpha value is -2.44. The van der Waals surface area contributed by atoms with Crippen LogP contribution < -0.4 is 5.32 Å². The average Bonchev–Trinajstić information content (AvgIpc) is 3.01. The van der Waals surface area contributed by atoms with Gasteiger partial charge in [0.25, 0.3) is 5.91 Å². The van der Waals surface area contributed by atoms with E-state index < -0.39 is 11.6 Å². The molecule has 1 aromatic carbocycles. The minimum atomic E-state index is -0.859. The van der Waals surface area contributed by atoms with Gasteiger partial charge in [0.1, 0.15) is 17.9 Å². The summed E-state index contributed by atoms with van der Waals surface area (Å²) in [5.74, 6) is -0.736. The molecule has 0 aromatic heterocycles. The molecule has 3 fully saturated rings. The number of benzene rings is 1. The first-order chi connectivity index (χ1) is 14.9. The smallest absolute Gasteiger partial charge is 0.325 e. The number of nitrogens with one attached hydrogen (secondary N) is 1. The minimum absolute atomic E-state index is 0.0615. The number of carbonyl (C=O) groups is 3. The van der Waals surface area contributed by atoms with E-state index in [1.54, 1.807) is 17.0 Å². The molecule has 1 aromatic rings. The summed E-state index contributed by atoms with van der Waals surface area (Å²) in [6.45, 7) is 2.12. The molecule has 2 saturated carbocycles. The van der Waals surface area contributed by atoms with E-state index in [1.807, 2.05) is 6.92 Å². The van der Waals surface area contributed by atoms with E-state index in [2.05, 4.69) is 5.32 Å². The van der Waals surface area contributed by atoms with Crippen molar-refractivity contribution in [1.82, 2.24) is 15.1 Å². The van der Waals surface area contributed by atoms with E-state index in [-0.39, 0.29) is 36.1 Å². The highest BCUT2D eigenvalue weighted by Gasteiger charge is 2.55. The number of amides is 4. The van der Waals surface area contributed by atoms with Gasteiger partial charge in [0.15, 0.2) is 0 Å². The van der Waals surface area contributed by atoms with Crippen LogP contribution in [0.3, 0.4) is 0 Å². The highest BCUT2D eigenvalue weighted by Crippen LogP contribution is 2.38. The van der Waals surface area contributed by atoms with Crippen molar-refractivity contribution in [3.05, 3.63) is 35.6 Å². The predicted molar refractivity (Wildman–Crippen MR) is 114 cm³/mol. The van der Waals surface area contributed by atoms with Gasteiger partial charge in [0.05, 0.1) is 0 Å². The van der Waals surface area contributed by atoms with Gasteiger partial charge < -0.3 is 10.2 Å². The highest BCUT2D eigenvalue weighted by atomic mass is 19.1. The Morgan fingerprint density at radius 1 is 1.10 bits per heavy atom. The maximum Gasteiger partial charge on any atom is 0.325 e. The molecule has 0 radical (unpaired) electrons. The van der Waals surface area contributed by atoms with Crippen molar-refractivity contribution in [2.45, 2.75) is 82.8 Å². The zero-order chi connectivity index (χ0) is 22.0. The van der Waals surface area contributed by atoms with E-state index >= 15 is 0 Å². The zero-order valence-electron chi connectivity index (χ0n) is 18.2. The van der Waals surface area contributed by atoms with Crippen molar-refractivity contribution in [3.8, 4) is 0 Å². The molecule has 1 heterocycles. The van der Waals surface area contributed by atoms with Gasteiger partial charge in [-0.3, -0.25) is 14.5 Å². The molecule has 0 unspecified atom stereocenters. The fourth-order valence-electron chi connectivity index (χ4n) is 5.47. The number of hydrogen-bond donors (Lipinski definition) is 1. The zero-order valence-corrected chi connectivity index (χ0v) is 18.2.